The van der Waals surface area contributed by atoms with Crippen LogP contribution in [0, 0.1) is 10.1 Å². The van der Waals surface area contributed by atoms with Gasteiger partial charge in [-0.15, -0.1) is 0 Å². The highest BCUT2D eigenvalue weighted by atomic mass is 32.2. The number of hydrogen-bond acceptors (Lipinski definition) is 7. The van der Waals surface area contributed by atoms with Gasteiger partial charge in [-0.1, -0.05) is 56.2 Å². The molecule has 0 amide bonds. The molecule has 0 saturated carbocycles. The highest BCUT2D eigenvalue weighted by molar-refractivity contribution is 7.89. The molecule has 9 nitrogen and oxygen atoms in total. The molecule has 0 atom stereocenters. The number of nitrogens with zero attached hydrogens (tertiary/aromatic N) is 3. The second-order valence-electron chi connectivity index (χ2n) is 7.91. The summed E-state index contributed by atoms with van der Waals surface area (Å²) < 4.78 is 32.2. The maximum Gasteiger partial charge on any atom is 0.295 e. The van der Waals surface area contributed by atoms with Gasteiger partial charge in [0.05, 0.1) is 29.2 Å². The van der Waals surface area contributed by atoms with Crippen LogP contribution in [0.2, 0.25) is 0 Å². The van der Waals surface area contributed by atoms with Crippen molar-refractivity contribution in [2.24, 2.45) is 5.10 Å². The summed E-state index contributed by atoms with van der Waals surface area (Å²) in [6.45, 7) is 3.17. The number of nitro benzene ring substituents is 1. The normalized spacial score (nSPS) is 15.5. The molecule has 0 radical (unpaired) electrons. The Balaban J connectivity index is 1.80. The van der Waals surface area contributed by atoms with Crippen molar-refractivity contribution >= 4 is 33.7 Å². The third-order valence-electron chi connectivity index (χ3n) is 5.41. The maximum absolute atomic E-state index is 12.9. The average molecular weight is 487 g/mol. The highest BCUT2D eigenvalue weighted by Crippen LogP contribution is 2.29. The molecule has 10 heteroatoms. The molecule has 1 N–H and O–H groups in total. The van der Waals surface area contributed by atoms with Crippen molar-refractivity contribution in [3.8, 4) is 0 Å². The Hall–Kier alpha value is -3.08. The zero-order valence-electron chi connectivity index (χ0n) is 19.2. The molecule has 1 heterocycles. The quantitative estimate of drug-likeness (QED) is 0.214. The molecule has 182 valence electrons. The number of hydrazone groups is 1. The lowest BCUT2D eigenvalue weighted by molar-refractivity contribution is -0.384. The number of nitro groups is 1. The molecule has 3 rings (SSSR count). The SMILES string of the molecule is CCCCCC(C=NNc1ccc(S(=O)(=O)N2CCOCC2)cc1[N+](=O)[O-])=Cc1ccccc1. The molecule has 0 unspecified atom stereocenters. The fourth-order valence-electron chi connectivity index (χ4n) is 3.55. The lowest BCUT2D eigenvalue weighted by atomic mass is 10.1. The van der Waals surface area contributed by atoms with Crippen LogP contribution in [0.25, 0.3) is 6.08 Å². The number of sulfonamides is 1. The first-order valence-corrected chi connectivity index (χ1v) is 12.8. The Kier molecular flexibility index (Phi) is 9.32. The molecule has 1 fully saturated rings. The first-order chi connectivity index (χ1) is 16.4. The fourth-order valence-corrected chi connectivity index (χ4v) is 4.98. The number of allylic oxidation sites excluding steroid dienone is 1. The van der Waals surface area contributed by atoms with Crippen LogP contribution in [0.1, 0.15) is 38.2 Å². The van der Waals surface area contributed by atoms with E-state index in [0.717, 1.165) is 42.9 Å². The number of ether oxygens (including phenoxy) is 1. The summed E-state index contributed by atoms with van der Waals surface area (Å²) in [5.41, 5.74) is 4.52. The molecule has 0 bridgehead atoms. The fraction of sp³-hybridized carbons (Fsp3) is 0.375. The van der Waals surface area contributed by atoms with Crippen LogP contribution in [0.5, 0.6) is 0 Å². The molecule has 0 spiro atoms. The molecular weight excluding hydrogens is 456 g/mol. The Morgan fingerprint density at radius 1 is 1.18 bits per heavy atom. The highest BCUT2D eigenvalue weighted by Gasteiger charge is 2.28. The first-order valence-electron chi connectivity index (χ1n) is 11.3. The van der Waals surface area contributed by atoms with Crippen LogP contribution in [0.15, 0.2) is 64.1 Å². The van der Waals surface area contributed by atoms with E-state index in [2.05, 4.69) is 17.5 Å². The summed E-state index contributed by atoms with van der Waals surface area (Å²) >= 11 is 0. The van der Waals surface area contributed by atoms with Crippen molar-refractivity contribution in [2.45, 2.75) is 37.5 Å². The molecule has 0 aliphatic carbocycles. The van der Waals surface area contributed by atoms with Gasteiger partial charge in [-0.05, 0) is 36.1 Å². The van der Waals surface area contributed by atoms with E-state index < -0.39 is 14.9 Å². The van der Waals surface area contributed by atoms with E-state index >= 15 is 0 Å². The molecule has 1 aliphatic rings. The van der Waals surface area contributed by atoms with Gasteiger partial charge in [-0.25, -0.2) is 8.42 Å². The van der Waals surface area contributed by atoms with Crippen LogP contribution >= 0.6 is 0 Å². The molecule has 1 aliphatic heterocycles. The minimum Gasteiger partial charge on any atom is -0.379 e. The zero-order chi connectivity index (χ0) is 24.4. The summed E-state index contributed by atoms with van der Waals surface area (Å²) in [7, 11) is -3.84. The van der Waals surface area contributed by atoms with E-state index in [4.69, 9.17) is 4.74 Å². The van der Waals surface area contributed by atoms with Gasteiger partial charge in [0, 0.05) is 19.2 Å². The molecule has 34 heavy (non-hydrogen) atoms. The van der Waals surface area contributed by atoms with Crippen molar-refractivity contribution < 1.29 is 18.1 Å². The average Bonchev–Trinajstić information content (AvgIpc) is 2.85. The molecule has 1 saturated heterocycles. The Labute approximate surface area is 200 Å². The van der Waals surface area contributed by atoms with E-state index in [9.17, 15) is 18.5 Å². The number of anilines is 1. The van der Waals surface area contributed by atoms with Gasteiger partial charge in [0.25, 0.3) is 5.69 Å². The summed E-state index contributed by atoms with van der Waals surface area (Å²) in [6, 6.07) is 13.7. The van der Waals surface area contributed by atoms with Crippen molar-refractivity contribution in [3.63, 3.8) is 0 Å². The monoisotopic (exact) mass is 486 g/mol. The lowest BCUT2D eigenvalue weighted by Gasteiger charge is -2.26. The van der Waals surface area contributed by atoms with Gasteiger partial charge in [-0.2, -0.15) is 9.41 Å². The predicted octanol–water partition coefficient (Wildman–Crippen LogP) is 4.68. The number of hydrogen-bond donors (Lipinski definition) is 1. The van der Waals surface area contributed by atoms with E-state index in [-0.39, 0.29) is 29.4 Å². The smallest absolute Gasteiger partial charge is 0.295 e. The van der Waals surface area contributed by atoms with Gasteiger partial charge in [-0.3, -0.25) is 15.5 Å². The summed E-state index contributed by atoms with van der Waals surface area (Å²) in [5.74, 6) is 0. The van der Waals surface area contributed by atoms with Gasteiger partial charge in [0.15, 0.2) is 0 Å². The largest absolute Gasteiger partial charge is 0.379 e. The summed E-state index contributed by atoms with van der Waals surface area (Å²) in [5, 5.41) is 15.9. The second kappa shape index (κ2) is 12.4. The van der Waals surface area contributed by atoms with Crippen molar-refractivity contribution in [2.75, 3.05) is 31.7 Å². The topological polar surface area (TPSA) is 114 Å². The van der Waals surface area contributed by atoms with Gasteiger partial charge in [0.2, 0.25) is 10.0 Å². The number of nitrogens with one attached hydrogen (secondary N) is 1. The van der Waals surface area contributed by atoms with Crippen LogP contribution < -0.4 is 5.43 Å². The Morgan fingerprint density at radius 2 is 1.91 bits per heavy atom. The Bertz CT molecular complexity index is 1130. The third kappa shape index (κ3) is 6.96. The minimum absolute atomic E-state index is 0.120. The second-order valence-corrected chi connectivity index (χ2v) is 9.85. The zero-order valence-corrected chi connectivity index (χ0v) is 20.0. The lowest BCUT2D eigenvalue weighted by Crippen LogP contribution is -2.40. The molecule has 2 aromatic rings. The van der Waals surface area contributed by atoms with Crippen LogP contribution in [-0.2, 0) is 14.8 Å². The van der Waals surface area contributed by atoms with E-state index in [1.54, 1.807) is 6.21 Å². The number of benzene rings is 2. The van der Waals surface area contributed by atoms with E-state index in [1.165, 1.54) is 16.4 Å². The van der Waals surface area contributed by atoms with Crippen LogP contribution in [-0.4, -0.2) is 50.2 Å². The third-order valence-corrected chi connectivity index (χ3v) is 7.30. The van der Waals surface area contributed by atoms with E-state index in [0.29, 0.717) is 13.2 Å². The molecule has 2 aromatic carbocycles. The van der Waals surface area contributed by atoms with Crippen LogP contribution in [0.3, 0.4) is 0 Å². The predicted molar refractivity (Wildman–Crippen MR) is 133 cm³/mol. The van der Waals surface area contributed by atoms with Gasteiger partial charge >= 0.3 is 0 Å². The number of rotatable bonds is 11. The van der Waals surface area contributed by atoms with E-state index in [1.807, 2.05) is 36.4 Å². The van der Waals surface area contributed by atoms with Gasteiger partial charge in [0.1, 0.15) is 5.69 Å². The Morgan fingerprint density at radius 3 is 2.59 bits per heavy atom. The van der Waals surface area contributed by atoms with Gasteiger partial charge < -0.3 is 4.74 Å². The van der Waals surface area contributed by atoms with Crippen molar-refractivity contribution in [1.29, 1.82) is 0 Å². The summed E-state index contributed by atoms with van der Waals surface area (Å²) in [6.07, 6.45) is 7.72. The van der Waals surface area contributed by atoms with Crippen molar-refractivity contribution in [3.05, 3.63) is 69.8 Å². The number of morpholine rings is 1. The standard InChI is InChI=1S/C24H30N4O5S/c1-2-3-5-10-21(17-20-8-6-4-7-9-20)19-25-26-23-12-11-22(18-24(23)28(29)30)34(31,32)27-13-15-33-16-14-27/h4,6-9,11-12,17-19,26H,2-3,5,10,13-16H2,1H3. The maximum atomic E-state index is 12.9. The van der Waals surface area contributed by atoms with Crippen molar-refractivity contribution in [1.82, 2.24) is 4.31 Å². The van der Waals surface area contributed by atoms with Crippen LogP contribution in [0.4, 0.5) is 11.4 Å². The minimum atomic E-state index is -3.84. The number of unbranched alkanes of at least 4 members (excludes halogenated alkanes) is 2. The first kappa shape index (κ1) is 25.5. The molecule has 0 aromatic heterocycles. The molecular formula is C24H30N4O5S. The summed E-state index contributed by atoms with van der Waals surface area (Å²) in [4.78, 5) is 10.9.